The number of alkyl halides is 5. The zero-order valence-electron chi connectivity index (χ0n) is 6.70. The third kappa shape index (κ3) is 3.48. The summed E-state index contributed by atoms with van der Waals surface area (Å²) in [5.74, 6) is 0. The molecular formula is C7H9Cl5O. The summed E-state index contributed by atoms with van der Waals surface area (Å²) >= 11 is 28.7. The SMILES string of the molecule is ClC(Cl)C1(CC(Cl)(Cl)Cl)CCCO1. The van der Waals surface area contributed by atoms with Crippen molar-refractivity contribution >= 4 is 58.0 Å². The van der Waals surface area contributed by atoms with Crippen LogP contribution < -0.4 is 0 Å². The Balaban J connectivity index is 2.68. The van der Waals surface area contributed by atoms with Gasteiger partial charge in [-0.05, 0) is 12.8 Å². The normalized spacial score (nSPS) is 30.0. The van der Waals surface area contributed by atoms with Crippen molar-refractivity contribution in [2.75, 3.05) is 6.61 Å². The highest BCUT2D eigenvalue weighted by atomic mass is 35.6. The average Bonchev–Trinajstić information content (AvgIpc) is 2.33. The van der Waals surface area contributed by atoms with Crippen molar-refractivity contribution in [3.05, 3.63) is 0 Å². The van der Waals surface area contributed by atoms with E-state index in [2.05, 4.69) is 0 Å². The van der Waals surface area contributed by atoms with E-state index in [0.717, 1.165) is 12.8 Å². The van der Waals surface area contributed by atoms with E-state index in [1.807, 2.05) is 0 Å². The molecule has 1 atom stereocenters. The second kappa shape index (κ2) is 4.51. The Hall–Kier alpha value is 1.41. The number of ether oxygens (including phenoxy) is 1. The highest BCUT2D eigenvalue weighted by molar-refractivity contribution is 6.67. The summed E-state index contributed by atoms with van der Waals surface area (Å²) < 4.78 is 4.09. The first kappa shape index (κ1) is 12.5. The van der Waals surface area contributed by atoms with Crippen LogP contribution in [0, 0.1) is 0 Å². The van der Waals surface area contributed by atoms with E-state index in [4.69, 9.17) is 62.7 Å². The minimum absolute atomic E-state index is 0.225. The van der Waals surface area contributed by atoms with Gasteiger partial charge in [0.25, 0.3) is 0 Å². The van der Waals surface area contributed by atoms with Crippen molar-refractivity contribution in [3.63, 3.8) is 0 Å². The lowest BCUT2D eigenvalue weighted by molar-refractivity contribution is 0.00950. The zero-order valence-corrected chi connectivity index (χ0v) is 10.5. The molecule has 0 aromatic carbocycles. The fourth-order valence-electron chi connectivity index (χ4n) is 1.45. The lowest BCUT2D eigenvalue weighted by Crippen LogP contribution is -2.39. The Kier molecular flexibility index (Phi) is 4.33. The number of hydrogen-bond donors (Lipinski definition) is 0. The summed E-state index contributed by atoms with van der Waals surface area (Å²) in [6.07, 6.45) is 1.86. The molecule has 1 fully saturated rings. The van der Waals surface area contributed by atoms with E-state index in [9.17, 15) is 0 Å². The molecule has 1 nitrogen and oxygen atoms in total. The molecule has 0 N–H and O–H groups in total. The first-order chi connectivity index (χ1) is 5.86. The topological polar surface area (TPSA) is 9.23 Å². The van der Waals surface area contributed by atoms with E-state index in [1.165, 1.54) is 0 Å². The lowest BCUT2D eigenvalue weighted by atomic mass is 9.99. The minimum Gasteiger partial charge on any atom is -0.372 e. The molecule has 1 heterocycles. The third-order valence-electron chi connectivity index (χ3n) is 2.03. The van der Waals surface area contributed by atoms with Gasteiger partial charge in [0.1, 0.15) is 10.4 Å². The van der Waals surface area contributed by atoms with Crippen LogP contribution in [0.15, 0.2) is 0 Å². The van der Waals surface area contributed by atoms with Crippen LogP contribution in [0.3, 0.4) is 0 Å². The Labute approximate surface area is 103 Å². The molecule has 0 spiro atoms. The summed E-state index contributed by atoms with van der Waals surface area (Å²) in [5.41, 5.74) is -0.686. The molecule has 1 aliphatic heterocycles. The molecule has 1 aliphatic rings. The maximum Gasteiger partial charge on any atom is 0.193 e. The first-order valence-corrected chi connectivity index (χ1v) is 5.85. The van der Waals surface area contributed by atoms with E-state index in [-0.39, 0.29) is 6.42 Å². The molecule has 1 saturated heterocycles. The summed E-state index contributed by atoms with van der Waals surface area (Å²) in [4.78, 5) is -0.661. The lowest BCUT2D eigenvalue weighted by Gasteiger charge is -2.32. The van der Waals surface area contributed by atoms with Gasteiger partial charge in [0.15, 0.2) is 3.79 Å². The van der Waals surface area contributed by atoms with Gasteiger partial charge in [0.05, 0.1) is 0 Å². The molecule has 13 heavy (non-hydrogen) atoms. The summed E-state index contributed by atoms with van der Waals surface area (Å²) in [7, 11) is 0. The molecule has 0 aromatic heterocycles. The first-order valence-electron chi connectivity index (χ1n) is 3.85. The van der Waals surface area contributed by atoms with Crippen molar-refractivity contribution in [1.82, 2.24) is 0 Å². The van der Waals surface area contributed by atoms with Gasteiger partial charge < -0.3 is 4.74 Å². The molecule has 0 saturated carbocycles. The Morgan fingerprint density at radius 1 is 1.31 bits per heavy atom. The zero-order chi connectivity index (χ0) is 10.1. The van der Waals surface area contributed by atoms with Gasteiger partial charge in [-0.15, -0.1) is 23.2 Å². The molecule has 6 heteroatoms. The van der Waals surface area contributed by atoms with Gasteiger partial charge >= 0.3 is 0 Å². The molecule has 0 radical (unpaired) electrons. The van der Waals surface area contributed by atoms with E-state index in [0.29, 0.717) is 6.61 Å². The fraction of sp³-hybridized carbons (Fsp3) is 1.00. The Morgan fingerprint density at radius 2 is 1.92 bits per heavy atom. The van der Waals surface area contributed by atoms with Crippen LogP contribution in [0.4, 0.5) is 0 Å². The van der Waals surface area contributed by atoms with Crippen LogP contribution in [0.1, 0.15) is 19.3 Å². The van der Waals surface area contributed by atoms with Gasteiger partial charge in [-0.25, -0.2) is 0 Å². The summed E-state index contributed by atoms with van der Waals surface area (Å²) in [6.45, 7) is 0.622. The standard InChI is InChI=1S/C7H9Cl5O/c8-5(9)6(2-1-3-13-6)4-7(10,11)12/h5H,1-4H2. The van der Waals surface area contributed by atoms with Gasteiger partial charge in [-0.2, -0.15) is 0 Å². The quantitative estimate of drug-likeness (QED) is 0.694. The molecule has 0 aromatic rings. The molecule has 0 aliphatic carbocycles. The molecule has 1 rings (SSSR count). The predicted octanol–water partition coefficient (Wildman–Crippen LogP) is 4.10. The molecule has 78 valence electrons. The van der Waals surface area contributed by atoms with Crippen LogP contribution in [-0.4, -0.2) is 20.8 Å². The third-order valence-corrected chi connectivity index (χ3v) is 3.23. The van der Waals surface area contributed by atoms with Crippen molar-refractivity contribution in [3.8, 4) is 0 Å². The number of rotatable bonds is 2. The van der Waals surface area contributed by atoms with Crippen molar-refractivity contribution < 1.29 is 4.74 Å². The van der Waals surface area contributed by atoms with E-state index < -0.39 is 14.2 Å². The summed E-state index contributed by atoms with van der Waals surface area (Å²) in [6, 6.07) is 0. The van der Waals surface area contributed by atoms with Crippen molar-refractivity contribution in [2.45, 2.75) is 33.5 Å². The minimum atomic E-state index is -1.37. The smallest absolute Gasteiger partial charge is 0.193 e. The highest BCUT2D eigenvalue weighted by Crippen LogP contribution is 2.45. The fourth-order valence-corrected chi connectivity index (χ4v) is 2.62. The number of hydrogen-bond acceptors (Lipinski definition) is 1. The summed E-state index contributed by atoms with van der Waals surface area (Å²) in [5, 5.41) is 0. The van der Waals surface area contributed by atoms with Gasteiger partial charge in [-0.1, -0.05) is 34.8 Å². The monoisotopic (exact) mass is 284 g/mol. The second-order valence-corrected chi connectivity index (χ2v) is 6.72. The maximum absolute atomic E-state index is 5.81. The average molecular weight is 286 g/mol. The van der Waals surface area contributed by atoms with E-state index >= 15 is 0 Å². The van der Waals surface area contributed by atoms with Crippen molar-refractivity contribution in [2.24, 2.45) is 0 Å². The van der Waals surface area contributed by atoms with Crippen molar-refractivity contribution in [1.29, 1.82) is 0 Å². The maximum atomic E-state index is 5.81. The molecule has 0 bridgehead atoms. The highest BCUT2D eigenvalue weighted by Gasteiger charge is 2.46. The molecule has 0 amide bonds. The van der Waals surface area contributed by atoms with Gasteiger partial charge in [0, 0.05) is 13.0 Å². The van der Waals surface area contributed by atoms with Crippen LogP contribution in [0.5, 0.6) is 0 Å². The largest absolute Gasteiger partial charge is 0.372 e. The van der Waals surface area contributed by atoms with Crippen LogP contribution in [0.2, 0.25) is 0 Å². The Morgan fingerprint density at radius 3 is 2.23 bits per heavy atom. The van der Waals surface area contributed by atoms with E-state index in [1.54, 1.807) is 0 Å². The second-order valence-electron chi connectivity index (χ2n) is 3.11. The van der Waals surface area contributed by atoms with Gasteiger partial charge in [-0.3, -0.25) is 0 Å². The van der Waals surface area contributed by atoms with Crippen LogP contribution >= 0.6 is 58.0 Å². The van der Waals surface area contributed by atoms with Gasteiger partial charge in [0.2, 0.25) is 0 Å². The predicted molar refractivity (Wildman–Crippen MR) is 58.3 cm³/mol. The molecular weight excluding hydrogens is 277 g/mol. The van der Waals surface area contributed by atoms with Crippen LogP contribution in [-0.2, 0) is 4.74 Å². The Bertz CT molecular complexity index is 170. The number of halogens is 5. The molecule has 1 unspecified atom stereocenters. The van der Waals surface area contributed by atoms with Crippen LogP contribution in [0.25, 0.3) is 0 Å².